The molecule has 28 heavy (non-hydrogen) atoms. The SMILES string of the molecule is C/C=C/CCC1CCC2CC(C3CCc4cc(/C=C/C)ccc4C3)CCC2C1. The topological polar surface area (TPSA) is 0 Å². The minimum Gasteiger partial charge on any atom is -0.0917 e. The van der Waals surface area contributed by atoms with Gasteiger partial charge < -0.3 is 0 Å². The molecular weight excluding hydrogens is 336 g/mol. The zero-order chi connectivity index (χ0) is 19.3. The third kappa shape index (κ3) is 4.64. The second-order valence-electron chi connectivity index (χ2n) is 9.95. The lowest BCUT2D eigenvalue weighted by molar-refractivity contribution is 0.0699. The Bertz CT molecular complexity index is 694. The third-order valence-corrected chi connectivity index (χ3v) is 8.26. The lowest BCUT2D eigenvalue weighted by atomic mass is 9.61. The predicted octanol–water partition coefficient (Wildman–Crippen LogP) is 8.01. The molecule has 1 aromatic rings. The van der Waals surface area contributed by atoms with Gasteiger partial charge in [-0.3, -0.25) is 0 Å². The Morgan fingerprint density at radius 2 is 1.61 bits per heavy atom. The molecule has 0 radical (unpaired) electrons. The van der Waals surface area contributed by atoms with E-state index in [4.69, 9.17) is 0 Å². The fourth-order valence-electron chi connectivity index (χ4n) is 6.71. The largest absolute Gasteiger partial charge is 0.0917 e. The molecule has 5 atom stereocenters. The summed E-state index contributed by atoms with van der Waals surface area (Å²) in [5.41, 5.74) is 4.66. The average Bonchev–Trinajstić information content (AvgIpc) is 2.73. The Balaban J connectivity index is 1.32. The average molecular weight is 377 g/mol. The summed E-state index contributed by atoms with van der Waals surface area (Å²) in [6.07, 6.45) is 25.0. The van der Waals surface area contributed by atoms with E-state index in [2.05, 4.69) is 56.4 Å². The first-order valence-electron chi connectivity index (χ1n) is 12.1. The molecule has 152 valence electrons. The second-order valence-corrected chi connectivity index (χ2v) is 9.95. The van der Waals surface area contributed by atoms with E-state index < -0.39 is 0 Å². The fraction of sp³-hybridized carbons (Fsp3) is 0.643. The lowest BCUT2D eigenvalue weighted by Gasteiger charge is -2.45. The maximum absolute atomic E-state index is 2.44. The fourth-order valence-corrected chi connectivity index (χ4v) is 6.71. The van der Waals surface area contributed by atoms with Crippen molar-refractivity contribution in [1.82, 2.24) is 0 Å². The van der Waals surface area contributed by atoms with Crippen LogP contribution in [0.5, 0.6) is 0 Å². The van der Waals surface area contributed by atoms with Gasteiger partial charge in [-0.1, -0.05) is 48.9 Å². The van der Waals surface area contributed by atoms with Crippen molar-refractivity contribution in [3.05, 3.63) is 53.1 Å². The Kier molecular flexibility index (Phi) is 6.76. The van der Waals surface area contributed by atoms with Gasteiger partial charge in [-0.25, -0.2) is 0 Å². The van der Waals surface area contributed by atoms with E-state index in [9.17, 15) is 0 Å². The second kappa shape index (κ2) is 9.47. The van der Waals surface area contributed by atoms with Gasteiger partial charge in [0.15, 0.2) is 0 Å². The van der Waals surface area contributed by atoms with Crippen LogP contribution in [0.3, 0.4) is 0 Å². The summed E-state index contributed by atoms with van der Waals surface area (Å²) in [6.45, 7) is 4.27. The van der Waals surface area contributed by atoms with E-state index in [0.717, 1.165) is 29.6 Å². The number of rotatable bonds is 5. The normalized spacial score (nSPS) is 33.1. The van der Waals surface area contributed by atoms with Crippen LogP contribution in [0, 0.1) is 29.6 Å². The summed E-state index contributed by atoms with van der Waals surface area (Å²) < 4.78 is 0. The number of fused-ring (bicyclic) bond motifs is 2. The molecule has 1 aromatic carbocycles. The summed E-state index contributed by atoms with van der Waals surface area (Å²) in [7, 11) is 0. The van der Waals surface area contributed by atoms with Crippen LogP contribution >= 0.6 is 0 Å². The van der Waals surface area contributed by atoms with E-state index in [0.29, 0.717) is 0 Å². The van der Waals surface area contributed by atoms with Crippen LogP contribution in [0.1, 0.15) is 88.3 Å². The van der Waals surface area contributed by atoms with Gasteiger partial charge in [-0.15, -0.1) is 0 Å². The zero-order valence-electron chi connectivity index (χ0n) is 18.2. The number of hydrogen-bond donors (Lipinski definition) is 0. The summed E-state index contributed by atoms with van der Waals surface area (Å²) in [4.78, 5) is 0. The Morgan fingerprint density at radius 3 is 2.43 bits per heavy atom. The van der Waals surface area contributed by atoms with E-state index in [1.54, 1.807) is 17.5 Å². The van der Waals surface area contributed by atoms with Crippen LogP contribution in [0.4, 0.5) is 0 Å². The van der Waals surface area contributed by atoms with E-state index in [1.807, 2.05) is 0 Å². The van der Waals surface area contributed by atoms with Crippen LogP contribution in [-0.4, -0.2) is 0 Å². The molecular formula is C28H40. The van der Waals surface area contributed by atoms with Crippen molar-refractivity contribution in [3.8, 4) is 0 Å². The maximum atomic E-state index is 2.44. The first-order chi connectivity index (χ1) is 13.8. The molecule has 5 unspecified atom stereocenters. The summed E-state index contributed by atoms with van der Waals surface area (Å²) >= 11 is 0. The van der Waals surface area contributed by atoms with E-state index in [1.165, 1.54) is 69.8 Å². The highest BCUT2D eigenvalue weighted by Crippen LogP contribution is 2.49. The van der Waals surface area contributed by atoms with Crippen LogP contribution < -0.4 is 0 Å². The van der Waals surface area contributed by atoms with E-state index >= 15 is 0 Å². The molecule has 0 amide bonds. The Hall–Kier alpha value is -1.30. The van der Waals surface area contributed by atoms with Gasteiger partial charge in [-0.05, 0) is 124 Å². The molecule has 0 N–H and O–H groups in total. The van der Waals surface area contributed by atoms with Gasteiger partial charge in [0.1, 0.15) is 0 Å². The number of aryl methyl sites for hydroxylation is 1. The molecule has 0 bridgehead atoms. The minimum atomic E-state index is 0.952. The van der Waals surface area contributed by atoms with Crippen molar-refractivity contribution >= 4 is 6.08 Å². The first-order valence-corrected chi connectivity index (χ1v) is 12.1. The molecule has 0 saturated heterocycles. The summed E-state index contributed by atoms with van der Waals surface area (Å²) in [6, 6.07) is 7.20. The van der Waals surface area contributed by atoms with Crippen LogP contribution in [0.2, 0.25) is 0 Å². The Labute approximate surface area is 173 Å². The minimum absolute atomic E-state index is 0.952. The predicted molar refractivity (Wildman–Crippen MR) is 122 cm³/mol. The molecule has 0 heteroatoms. The quantitative estimate of drug-likeness (QED) is 0.456. The monoisotopic (exact) mass is 376 g/mol. The van der Waals surface area contributed by atoms with Crippen LogP contribution in [0.15, 0.2) is 36.4 Å². The van der Waals surface area contributed by atoms with Crippen molar-refractivity contribution < 1.29 is 0 Å². The molecule has 3 aliphatic rings. The third-order valence-electron chi connectivity index (χ3n) is 8.26. The van der Waals surface area contributed by atoms with Crippen LogP contribution in [0.25, 0.3) is 6.08 Å². The Morgan fingerprint density at radius 1 is 0.821 bits per heavy atom. The molecule has 0 aliphatic heterocycles. The smallest absolute Gasteiger partial charge is 0.0245 e. The van der Waals surface area contributed by atoms with Crippen molar-refractivity contribution in [2.24, 2.45) is 29.6 Å². The molecule has 2 fully saturated rings. The summed E-state index contributed by atoms with van der Waals surface area (Å²) in [5, 5.41) is 0. The van der Waals surface area contributed by atoms with Gasteiger partial charge >= 0.3 is 0 Å². The standard InChI is InChI=1S/C28H40/c1-3-5-6-8-22-10-12-26-20-28(16-14-24(26)18-22)27-15-13-23-17-21(7-4-2)9-11-25(23)19-27/h3-5,7,9,11,17,22,24,26-28H,6,8,10,12-16,18-20H2,1-2H3/b5-3+,7-4+. The molecule has 0 aromatic heterocycles. The van der Waals surface area contributed by atoms with Crippen molar-refractivity contribution in [2.45, 2.75) is 84.5 Å². The molecule has 0 spiro atoms. The van der Waals surface area contributed by atoms with Gasteiger partial charge in [0.05, 0.1) is 0 Å². The highest BCUT2D eigenvalue weighted by atomic mass is 14.4. The van der Waals surface area contributed by atoms with Gasteiger partial charge in [0.25, 0.3) is 0 Å². The molecule has 0 nitrogen and oxygen atoms in total. The molecule has 2 saturated carbocycles. The van der Waals surface area contributed by atoms with E-state index in [-0.39, 0.29) is 0 Å². The van der Waals surface area contributed by atoms with Crippen LogP contribution in [-0.2, 0) is 12.8 Å². The van der Waals surface area contributed by atoms with Crippen molar-refractivity contribution in [1.29, 1.82) is 0 Å². The van der Waals surface area contributed by atoms with Crippen molar-refractivity contribution in [2.75, 3.05) is 0 Å². The highest BCUT2D eigenvalue weighted by molar-refractivity contribution is 5.52. The first kappa shape index (κ1) is 20.0. The lowest BCUT2D eigenvalue weighted by Crippen LogP contribution is -2.35. The number of benzene rings is 1. The highest BCUT2D eigenvalue weighted by Gasteiger charge is 2.38. The zero-order valence-corrected chi connectivity index (χ0v) is 18.2. The van der Waals surface area contributed by atoms with Gasteiger partial charge in [0, 0.05) is 0 Å². The number of allylic oxidation sites excluding steroid dienone is 3. The number of hydrogen-bond acceptors (Lipinski definition) is 0. The van der Waals surface area contributed by atoms with Gasteiger partial charge in [0.2, 0.25) is 0 Å². The van der Waals surface area contributed by atoms with Gasteiger partial charge in [-0.2, -0.15) is 0 Å². The summed E-state index contributed by atoms with van der Waals surface area (Å²) in [5.74, 6) is 5.08. The molecule has 0 heterocycles. The maximum Gasteiger partial charge on any atom is -0.0245 e. The molecule has 4 rings (SSSR count). The van der Waals surface area contributed by atoms with Crippen molar-refractivity contribution in [3.63, 3.8) is 0 Å². The molecule has 3 aliphatic carbocycles.